The molecule has 0 spiro atoms. The Kier molecular flexibility index (Phi) is 3.73. The van der Waals surface area contributed by atoms with Crippen LogP contribution in [0.4, 0.5) is 0 Å². The van der Waals surface area contributed by atoms with Crippen LogP contribution in [0.3, 0.4) is 0 Å². The molecule has 0 saturated carbocycles. The average Bonchev–Trinajstić information content (AvgIpc) is 2.79. The maximum atomic E-state index is 10.3. The topological polar surface area (TPSA) is 57.2 Å². The fourth-order valence-electron chi connectivity index (χ4n) is 2.42. The van der Waals surface area contributed by atoms with Crippen molar-refractivity contribution in [1.82, 2.24) is 0 Å². The van der Waals surface area contributed by atoms with Gasteiger partial charge in [0.2, 0.25) is 0 Å². The number of rotatable bonds is 3. The highest BCUT2D eigenvalue weighted by molar-refractivity contribution is 4.86. The molecule has 0 aromatic heterocycles. The first-order valence-electron chi connectivity index (χ1n) is 6.52. The second kappa shape index (κ2) is 4.72. The summed E-state index contributed by atoms with van der Waals surface area (Å²) < 4.78 is 22.4. The van der Waals surface area contributed by atoms with Gasteiger partial charge in [0.25, 0.3) is 0 Å². The summed E-state index contributed by atoms with van der Waals surface area (Å²) in [6.45, 7) is 10.3. The van der Waals surface area contributed by atoms with E-state index in [1.807, 2.05) is 34.6 Å². The van der Waals surface area contributed by atoms with Crippen LogP contribution in [-0.2, 0) is 18.9 Å². The lowest BCUT2D eigenvalue weighted by Gasteiger charge is -2.28. The fraction of sp³-hybridized carbons (Fsp3) is 1.00. The quantitative estimate of drug-likeness (QED) is 0.828. The first kappa shape index (κ1) is 14.2. The summed E-state index contributed by atoms with van der Waals surface area (Å²) in [5.41, 5.74) is 0. The SMILES string of the molecule is C[C@H]([C@H](O)[C@H]1COC(C)(C)O1)[C@@H]1COC(C)(C)O1. The van der Waals surface area contributed by atoms with E-state index >= 15 is 0 Å². The van der Waals surface area contributed by atoms with E-state index in [1.54, 1.807) is 0 Å². The van der Waals surface area contributed by atoms with E-state index in [0.717, 1.165) is 0 Å². The predicted molar refractivity (Wildman–Crippen MR) is 65.0 cm³/mol. The van der Waals surface area contributed by atoms with Gasteiger partial charge in [-0.1, -0.05) is 6.92 Å². The Morgan fingerprint density at radius 2 is 1.39 bits per heavy atom. The van der Waals surface area contributed by atoms with Crippen molar-refractivity contribution in [3.8, 4) is 0 Å². The van der Waals surface area contributed by atoms with Crippen LogP contribution >= 0.6 is 0 Å². The molecule has 0 unspecified atom stereocenters. The molecule has 0 aliphatic carbocycles. The van der Waals surface area contributed by atoms with Gasteiger partial charge in [-0.3, -0.25) is 0 Å². The molecule has 4 atom stereocenters. The lowest BCUT2D eigenvalue weighted by Crippen LogP contribution is -2.41. The van der Waals surface area contributed by atoms with E-state index in [9.17, 15) is 5.11 Å². The molecular formula is C13H24O5. The van der Waals surface area contributed by atoms with Gasteiger partial charge in [-0.15, -0.1) is 0 Å². The number of aliphatic hydroxyl groups is 1. The molecule has 2 saturated heterocycles. The van der Waals surface area contributed by atoms with Gasteiger partial charge in [-0.25, -0.2) is 0 Å². The van der Waals surface area contributed by atoms with Crippen molar-refractivity contribution in [2.75, 3.05) is 13.2 Å². The van der Waals surface area contributed by atoms with Gasteiger partial charge in [0.15, 0.2) is 11.6 Å². The number of aliphatic hydroxyl groups excluding tert-OH is 1. The predicted octanol–water partition coefficient (Wildman–Crippen LogP) is 1.29. The maximum absolute atomic E-state index is 10.3. The summed E-state index contributed by atoms with van der Waals surface area (Å²) in [4.78, 5) is 0. The highest BCUT2D eigenvalue weighted by Crippen LogP contribution is 2.32. The molecule has 2 aliphatic heterocycles. The average molecular weight is 260 g/mol. The third-order valence-electron chi connectivity index (χ3n) is 3.57. The summed E-state index contributed by atoms with van der Waals surface area (Å²) >= 11 is 0. The Hall–Kier alpha value is -0.200. The highest BCUT2D eigenvalue weighted by atomic mass is 16.8. The van der Waals surface area contributed by atoms with Crippen molar-refractivity contribution in [2.24, 2.45) is 5.92 Å². The first-order chi connectivity index (χ1) is 8.20. The van der Waals surface area contributed by atoms with Crippen molar-refractivity contribution in [3.05, 3.63) is 0 Å². The summed E-state index contributed by atoms with van der Waals surface area (Å²) in [5.74, 6) is -1.24. The molecule has 18 heavy (non-hydrogen) atoms. The van der Waals surface area contributed by atoms with Gasteiger partial charge in [0, 0.05) is 5.92 Å². The maximum Gasteiger partial charge on any atom is 0.163 e. The minimum atomic E-state index is -0.616. The largest absolute Gasteiger partial charge is 0.390 e. The number of ether oxygens (including phenoxy) is 4. The zero-order valence-electron chi connectivity index (χ0n) is 11.8. The normalized spacial score (nSPS) is 37.7. The molecule has 2 fully saturated rings. The van der Waals surface area contributed by atoms with Gasteiger partial charge in [0.05, 0.1) is 25.4 Å². The van der Waals surface area contributed by atoms with Crippen LogP contribution < -0.4 is 0 Å². The van der Waals surface area contributed by atoms with Gasteiger partial charge in [-0.05, 0) is 27.7 Å². The minimum Gasteiger partial charge on any atom is -0.390 e. The zero-order chi connectivity index (χ0) is 13.6. The van der Waals surface area contributed by atoms with E-state index in [0.29, 0.717) is 13.2 Å². The second-order valence-corrected chi connectivity index (χ2v) is 6.08. The highest BCUT2D eigenvalue weighted by Gasteiger charge is 2.44. The van der Waals surface area contributed by atoms with E-state index in [1.165, 1.54) is 0 Å². The van der Waals surface area contributed by atoms with Crippen LogP contribution in [0.5, 0.6) is 0 Å². The third kappa shape index (κ3) is 3.03. The van der Waals surface area contributed by atoms with Crippen molar-refractivity contribution in [2.45, 2.75) is 64.5 Å². The van der Waals surface area contributed by atoms with E-state index in [4.69, 9.17) is 18.9 Å². The summed E-state index contributed by atoms with van der Waals surface area (Å²) in [5, 5.41) is 10.3. The summed E-state index contributed by atoms with van der Waals surface area (Å²) in [6.07, 6.45) is -1.03. The van der Waals surface area contributed by atoms with E-state index in [-0.39, 0.29) is 18.1 Å². The van der Waals surface area contributed by atoms with Crippen LogP contribution in [0, 0.1) is 5.92 Å². The molecule has 0 radical (unpaired) electrons. The molecule has 2 heterocycles. The molecule has 5 heteroatoms. The van der Waals surface area contributed by atoms with Crippen molar-refractivity contribution in [1.29, 1.82) is 0 Å². The van der Waals surface area contributed by atoms with E-state index < -0.39 is 17.7 Å². The van der Waals surface area contributed by atoms with Gasteiger partial charge < -0.3 is 24.1 Å². The number of hydrogen-bond donors (Lipinski definition) is 1. The molecule has 2 aliphatic rings. The first-order valence-corrected chi connectivity index (χ1v) is 6.52. The molecule has 2 rings (SSSR count). The molecular weight excluding hydrogens is 236 g/mol. The number of hydrogen-bond acceptors (Lipinski definition) is 5. The Bertz CT molecular complexity index is 272. The molecule has 5 nitrogen and oxygen atoms in total. The van der Waals surface area contributed by atoms with Crippen molar-refractivity contribution >= 4 is 0 Å². The Labute approximate surface area is 108 Å². The minimum absolute atomic E-state index is 0.0609. The summed E-state index contributed by atoms with van der Waals surface area (Å²) in [6, 6.07) is 0. The van der Waals surface area contributed by atoms with Gasteiger partial charge in [0.1, 0.15) is 6.10 Å². The second-order valence-electron chi connectivity index (χ2n) is 6.08. The van der Waals surface area contributed by atoms with Crippen LogP contribution in [0.1, 0.15) is 34.6 Å². The van der Waals surface area contributed by atoms with Crippen LogP contribution in [0.2, 0.25) is 0 Å². The van der Waals surface area contributed by atoms with Crippen LogP contribution in [-0.4, -0.2) is 48.2 Å². The van der Waals surface area contributed by atoms with E-state index in [2.05, 4.69) is 0 Å². The lowest BCUT2D eigenvalue weighted by molar-refractivity contribution is -0.169. The van der Waals surface area contributed by atoms with Gasteiger partial charge in [-0.2, -0.15) is 0 Å². The van der Waals surface area contributed by atoms with Crippen molar-refractivity contribution < 1.29 is 24.1 Å². The smallest absolute Gasteiger partial charge is 0.163 e. The molecule has 106 valence electrons. The third-order valence-corrected chi connectivity index (χ3v) is 3.57. The molecule has 0 aromatic carbocycles. The zero-order valence-corrected chi connectivity index (χ0v) is 11.8. The Morgan fingerprint density at radius 1 is 0.944 bits per heavy atom. The molecule has 0 amide bonds. The standard InChI is InChI=1S/C13H24O5/c1-8(9-6-15-12(2,3)17-9)11(14)10-7-16-13(4,5)18-10/h8-11,14H,6-7H2,1-5H3/t8-,9-,10+,11-/m0/s1. The van der Waals surface area contributed by atoms with Crippen LogP contribution in [0.15, 0.2) is 0 Å². The summed E-state index contributed by atoms with van der Waals surface area (Å²) in [7, 11) is 0. The van der Waals surface area contributed by atoms with Gasteiger partial charge >= 0.3 is 0 Å². The van der Waals surface area contributed by atoms with Crippen molar-refractivity contribution in [3.63, 3.8) is 0 Å². The molecule has 0 aromatic rings. The fourth-order valence-corrected chi connectivity index (χ4v) is 2.42. The van der Waals surface area contributed by atoms with Crippen LogP contribution in [0.25, 0.3) is 0 Å². The Morgan fingerprint density at radius 3 is 1.78 bits per heavy atom. The monoisotopic (exact) mass is 260 g/mol. The molecule has 0 bridgehead atoms. The molecule has 1 N–H and O–H groups in total. The Balaban J connectivity index is 1.92. The lowest BCUT2D eigenvalue weighted by atomic mass is 9.94.